The highest BCUT2D eigenvalue weighted by Crippen LogP contribution is 2.20. The number of aromatic nitrogens is 1. The van der Waals surface area contributed by atoms with Gasteiger partial charge in [-0.25, -0.2) is 4.98 Å². The molecule has 4 nitrogen and oxygen atoms in total. The highest BCUT2D eigenvalue weighted by Gasteiger charge is 2.20. The first-order chi connectivity index (χ1) is 9.67. The quantitative estimate of drug-likeness (QED) is 0.720. The monoisotopic (exact) mass is 297 g/mol. The van der Waals surface area contributed by atoms with Crippen molar-refractivity contribution in [3.8, 4) is 0 Å². The number of rotatable bonds is 10. The van der Waals surface area contributed by atoms with Crippen LogP contribution in [-0.2, 0) is 17.8 Å². The summed E-state index contributed by atoms with van der Waals surface area (Å²) in [6, 6.07) is 0.751. The second-order valence-electron chi connectivity index (χ2n) is 6.01. The number of methoxy groups -OCH3 is 1. The molecule has 0 atom stereocenters. The summed E-state index contributed by atoms with van der Waals surface area (Å²) >= 11 is 1.77. The molecule has 0 aliphatic heterocycles. The number of nitrogens with zero attached hydrogens (tertiary/aromatic N) is 2. The molecule has 0 unspecified atom stereocenters. The smallest absolute Gasteiger partial charge is 0.107 e. The first-order valence-electron chi connectivity index (χ1n) is 7.55. The number of ether oxygens (including phenoxy) is 1. The van der Waals surface area contributed by atoms with E-state index in [4.69, 9.17) is 9.72 Å². The van der Waals surface area contributed by atoms with E-state index in [2.05, 4.69) is 29.4 Å². The molecule has 1 aromatic heterocycles. The van der Waals surface area contributed by atoms with Gasteiger partial charge in [0.2, 0.25) is 0 Å². The lowest BCUT2D eigenvalue weighted by Gasteiger charge is -2.22. The molecule has 5 heteroatoms. The van der Waals surface area contributed by atoms with Crippen LogP contribution in [0.1, 0.15) is 37.4 Å². The van der Waals surface area contributed by atoms with Crippen molar-refractivity contribution in [3.63, 3.8) is 0 Å². The van der Waals surface area contributed by atoms with Crippen molar-refractivity contribution in [3.05, 3.63) is 16.1 Å². The van der Waals surface area contributed by atoms with E-state index in [1.807, 2.05) is 0 Å². The summed E-state index contributed by atoms with van der Waals surface area (Å²) in [6.07, 6.45) is 2.66. The number of hydrogen-bond acceptors (Lipinski definition) is 5. The number of nitrogens with one attached hydrogen (secondary N) is 1. The maximum absolute atomic E-state index is 5.20. The molecule has 1 fully saturated rings. The lowest BCUT2D eigenvalue weighted by atomic mass is 10.2. The van der Waals surface area contributed by atoms with Gasteiger partial charge in [-0.15, -0.1) is 11.3 Å². The summed E-state index contributed by atoms with van der Waals surface area (Å²) in [6.45, 7) is 9.22. The molecular weight excluding hydrogens is 270 g/mol. The Morgan fingerprint density at radius 3 is 2.95 bits per heavy atom. The molecule has 2 rings (SSSR count). The maximum Gasteiger partial charge on any atom is 0.107 e. The minimum atomic E-state index is 0.668. The third kappa shape index (κ3) is 5.87. The van der Waals surface area contributed by atoms with Crippen LogP contribution in [-0.4, -0.2) is 42.7 Å². The fraction of sp³-hybridized carbons (Fsp3) is 0.800. The Balaban J connectivity index is 1.81. The molecular formula is C15H27N3OS. The van der Waals surface area contributed by atoms with Crippen molar-refractivity contribution < 1.29 is 4.74 Å². The Labute approximate surface area is 126 Å². The van der Waals surface area contributed by atoms with E-state index in [0.717, 1.165) is 38.8 Å². The van der Waals surface area contributed by atoms with Crippen LogP contribution < -0.4 is 5.32 Å². The van der Waals surface area contributed by atoms with Crippen molar-refractivity contribution >= 4 is 11.3 Å². The van der Waals surface area contributed by atoms with E-state index >= 15 is 0 Å². The zero-order chi connectivity index (χ0) is 14.4. The fourth-order valence-corrected chi connectivity index (χ4v) is 2.96. The van der Waals surface area contributed by atoms with Gasteiger partial charge in [0, 0.05) is 44.7 Å². The van der Waals surface area contributed by atoms with Crippen LogP contribution in [0.5, 0.6) is 0 Å². The van der Waals surface area contributed by atoms with Crippen molar-refractivity contribution in [1.29, 1.82) is 0 Å². The van der Waals surface area contributed by atoms with Gasteiger partial charge in [0.15, 0.2) is 0 Å². The standard InChI is InChI=1S/C15H27N3OS/c1-12(2)9-18(6-7-19-3)10-14-11-20-15(17-14)8-16-13-4-5-13/h11-13,16H,4-10H2,1-3H3. The molecule has 0 radical (unpaired) electrons. The van der Waals surface area contributed by atoms with Gasteiger partial charge in [-0.05, 0) is 18.8 Å². The highest BCUT2D eigenvalue weighted by atomic mass is 32.1. The highest BCUT2D eigenvalue weighted by molar-refractivity contribution is 7.09. The number of hydrogen-bond donors (Lipinski definition) is 1. The minimum absolute atomic E-state index is 0.668. The second-order valence-corrected chi connectivity index (χ2v) is 6.95. The van der Waals surface area contributed by atoms with Crippen molar-refractivity contribution in [2.75, 3.05) is 26.8 Å². The molecule has 1 N–H and O–H groups in total. The molecule has 1 aliphatic rings. The van der Waals surface area contributed by atoms with Crippen molar-refractivity contribution in [2.45, 2.75) is 45.8 Å². The zero-order valence-corrected chi connectivity index (χ0v) is 13.7. The first kappa shape index (κ1) is 15.9. The van der Waals surface area contributed by atoms with Gasteiger partial charge in [-0.1, -0.05) is 13.8 Å². The van der Waals surface area contributed by atoms with Gasteiger partial charge in [0.25, 0.3) is 0 Å². The molecule has 0 amide bonds. The van der Waals surface area contributed by atoms with Crippen LogP contribution in [0.15, 0.2) is 5.38 Å². The zero-order valence-electron chi connectivity index (χ0n) is 12.9. The maximum atomic E-state index is 5.20. The molecule has 1 aromatic rings. The lowest BCUT2D eigenvalue weighted by molar-refractivity contribution is 0.135. The van der Waals surface area contributed by atoms with Gasteiger partial charge in [0.1, 0.15) is 5.01 Å². The Bertz CT molecular complexity index is 390. The third-order valence-corrected chi connectivity index (χ3v) is 4.24. The van der Waals surface area contributed by atoms with Crippen LogP contribution in [0.25, 0.3) is 0 Å². The summed E-state index contributed by atoms with van der Waals surface area (Å²) in [5.74, 6) is 0.668. The Hall–Kier alpha value is -0.490. The van der Waals surface area contributed by atoms with E-state index < -0.39 is 0 Å². The van der Waals surface area contributed by atoms with Crippen LogP contribution in [0.3, 0.4) is 0 Å². The average molecular weight is 297 g/mol. The predicted octanol–water partition coefficient (Wildman–Crippen LogP) is 2.50. The van der Waals surface area contributed by atoms with Gasteiger partial charge in [-0.2, -0.15) is 0 Å². The summed E-state index contributed by atoms with van der Waals surface area (Å²) in [7, 11) is 1.76. The van der Waals surface area contributed by atoms with E-state index in [1.54, 1.807) is 18.4 Å². The van der Waals surface area contributed by atoms with Crippen molar-refractivity contribution in [1.82, 2.24) is 15.2 Å². The van der Waals surface area contributed by atoms with Crippen LogP contribution in [0.2, 0.25) is 0 Å². The summed E-state index contributed by atoms with van der Waals surface area (Å²) in [5, 5.41) is 6.93. The van der Waals surface area contributed by atoms with Gasteiger partial charge >= 0.3 is 0 Å². The molecule has 0 aromatic carbocycles. The molecule has 0 saturated heterocycles. The largest absolute Gasteiger partial charge is 0.383 e. The van der Waals surface area contributed by atoms with Crippen LogP contribution in [0, 0.1) is 5.92 Å². The molecule has 1 aliphatic carbocycles. The molecule has 1 heterocycles. The lowest BCUT2D eigenvalue weighted by Crippen LogP contribution is -2.30. The molecule has 0 bridgehead atoms. The van der Waals surface area contributed by atoms with E-state index in [1.165, 1.54) is 23.5 Å². The van der Waals surface area contributed by atoms with E-state index in [-0.39, 0.29) is 0 Å². The van der Waals surface area contributed by atoms with Crippen LogP contribution >= 0.6 is 11.3 Å². The topological polar surface area (TPSA) is 37.4 Å². The van der Waals surface area contributed by atoms with Crippen molar-refractivity contribution in [2.24, 2.45) is 5.92 Å². The summed E-state index contributed by atoms with van der Waals surface area (Å²) in [5.41, 5.74) is 1.19. The Morgan fingerprint density at radius 2 is 2.30 bits per heavy atom. The normalized spacial score (nSPS) is 15.4. The SMILES string of the molecule is COCCN(Cc1csc(CNC2CC2)n1)CC(C)C. The number of thiazole rings is 1. The Kier molecular flexibility index (Phi) is 6.42. The third-order valence-electron chi connectivity index (χ3n) is 3.34. The Morgan fingerprint density at radius 1 is 1.50 bits per heavy atom. The molecule has 0 spiro atoms. The molecule has 114 valence electrons. The average Bonchev–Trinajstić information content (AvgIpc) is 3.13. The minimum Gasteiger partial charge on any atom is -0.383 e. The first-order valence-corrected chi connectivity index (χ1v) is 8.43. The van der Waals surface area contributed by atoms with Gasteiger partial charge < -0.3 is 10.1 Å². The fourth-order valence-electron chi connectivity index (χ4n) is 2.22. The predicted molar refractivity (Wildman–Crippen MR) is 84.0 cm³/mol. The van der Waals surface area contributed by atoms with E-state index in [0.29, 0.717) is 5.92 Å². The van der Waals surface area contributed by atoms with Gasteiger partial charge in [0.05, 0.1) is 12.3 Å². The summed E-state index contributed by atoms with van der Waals surface area (Å²) < 4.78 is 5.20. The molecule has 1 saturated carbocycles. The van der Waals surface area contributed by atoms with E-state index in [9.17, 15) is 0 Å². The summed E-state index contributed by atoms with van der Waals surface area (Å²) in [4.78, 5) is 7.17. The second kappa shape index (κ2) is 8.08. The molecule has 20 heavy (non-hydrogen) atoms. The van der Waals surface area contributed by atoms with Gasteiger partial charge in [-0.3, -0.25) is 4.90 Å². The van der Waals surface area contributed by atoms with Crippen LogP contribution in [0.4, 0.5) is 0 Å².